The van der Waals surface area contributed by atoms with Gasteiger partial charge in [-0.1, -0.05) is 17.1 Å². The number of likely N-dealkylation sites (N-methyl/N-ethyl adjacent to an activating group) is 1. The number of nitro benzene ring substituents is 1. The highest BCUT2D eigenvalue weighted by Crippen LogP contribution is 2.33. The van der Waals surface area contributed by atoms with Gasteiger partial charge in [-0.3, -0.25) is 10.1 Å². The first-order valence-electron chi connectivity index (χ1n) is 6.08. The maximum atomic E-state index is 10.9. The van der Waals surface area contributed by atoms with Crippen LogP contribution in [0.4, 0.5) is 11.6 Å². The van der Waals surface area contributed by atoms with Gasteiger partial charge in [-0.05, 0) is 0 Å². The quantitative estimate of drug-likeness (QED) is 0.491. The summed E-state index contributed by atoms with van der Waals surface area (Å²) in [6.45, 7) is 0.272. The van der Waals surface area contributed by atoms with E-state index in [1.807, 2.05) is 6.20 Å². The topological polar surface area (TPSA) is 83.4 Å². The van der Waals surface area contributed by atoms with Crippen molar-refractivity contribution in [1.29, 1.82) is 0 Å². The Hall–Kier alpha value is -2.54. The van der Waals surface area contributed by atoms with Gasteiger partial charge in [0, 0.05) is 23.8 Å². The van der Waals surface area contributed by atoms with E-state index in [9.17, 15) is 15.2 Å². The van der Waals surface area contributed by atoms with Crippen LogP contribution in [0, 0.1) is 10.1 Å². The molecule has 0 amide bonds. The molecule has 2 aromatic rings. The number of hydrogen-bond acceptors (Lipinski definition) is 5. The van der Waals surface area contributed by atoms with E-state index in [4.69, 9.17) is 0 Å². The van der Waals surface area contributed by atoms with Crippen molar-refractivity contribution in [3.63, 3.8) is 0 Å². The Labute approximate surface area is 114 Å². The van der Waals surface area contributed by atoms with Gasteiger partial charge in [-0.25, -0.2) is 9.47 Å². The van der Waals surface area contributed by atoms with Crippen LogP contribution in [0.2, 0.25) is 0 Å². The summed E-state index contributed by atoms with van der Waals surface area (Å²) in [4.78, 5) is 16.2. The Bertz CT molecular complexity index is 691. The van der Waals surface area contributed by atoms with Crippen molar-refractivity contribution in [2.75, 3.05) is 11.9 Å². The van der Waals surface area contributed by atoms with Crippen LogP contribution in [0.15, 0.2) is 42.7 Å². The first-order chi connectivity index (χ1) is 9.52. The lowest BCUT2D eigenvalue weighted by Crippen LogP contribution is -2.43. The number of aromatic nitrogens is 2. The molecule has 1 aliphatic heterocycles. The minimum atomic E-state index is -1.34. The number of anilines is 1. The van der Waals surface area contributed by atoms with Crippen LogP contribution in [0.3, 0.4) is 0 Å². The van der Waals surface area contributed by atoms with Gasteiger partial charge in [0.15, 0.2) is 0 Å². The minimum absolute atomic E-state index is 0.0433. The van der Waals surface area contributed by atoms with E-state index in [1.165, 1.54) is 12.1 Å². The van der Waals surface area contributed by atoms with Crippen LogP contribution >= 0.6 is 0 Å². The van der Waals surface area contributed by atoms with Gasteiger partial charge in [0.1, 0.15) is 12.7 Å². The lowest BCUT2D eigenvalue weighted by Gasteiger charge is -2.24. The summed E-state index contributed by atoms with van der Waals surface area (Å²) in [5.41, 5.74) is -0.911. The van der Waals surface area contributed by atoms with Crippen LogP contribution in [-0.4, -0.2) is 22.1 Å². The van der Waals surface area contributed by atoms with Crippen LogP contribution in [0.25, 0.3) is 0 Å². The van der Waals surface area contributed by atoms with Crippen molar-refractivity contribution in [3.05, 3.63) is 58.4 Å². The number of nitro groups is 1. The molecule has 20 heavy (non-hydrogen) atoms. The molecule has 0 saturated heterocycles. The zero-order chi connectivity index (χ0) is 14.3. The zero-order valence-corrected chi connectivity index (χ0v) is 10.8. The van der Waals surface area contributed by atoms with Crippen molar-refractivity contribution < 1.29 is 14.6 Å². The van der Waals surface area contributed by atoms with Gasteiger partial charge in [-0.2, -0.15) is 0 Å². The molecule has 1 N–H and O–H groups in total. The Kier molecular flexibility index (Phi) is 2.65. The van der Waals surface area contributed by atoms with Crippen molar-refractivity contribution >= 4 is 11.6 Å². The molecule has 3 rings (SSSR count). The molecule has 0 spiro atoms. The van der Waals surface area contributed by atoms with Gasteiger partial charge >= 0.3 is 5.95 Å². The molecule has 0 saturated carbocycles. The lowest BCUT2D eigenvalue weighted by atomic mass is 10.0. The van der Waals surface area contributed by atoms with Gasteiger partial charge in [0.05, 0.1) is 18.2 Å². The van der Waals surface area contributed by atoms with Crippen LogP contribution in [0.1, 0.15) is 5.56 Å². The molecular formula is C13H13N4O3+. The summed E-state index contributed by atoms with van der Waals surface area (Å²) in [6.07, 6.45) is 3.45. The van der Waals surface area contributed by atoms with Crippen LogP contribution in [0.5, 0.6) is 0 Å². The number of rotatable bonds is 2. The van der Waals surface area contributed by atoms with Crippen LogP contribution < -0.4 is 9.47 Å². The summed E-state index contributed by atoms with van der Waals surface area (Å²) in [6, 6.07) is 7.82. The second-order valence-corrected chi connectivity index (χ2v) is 4.73. The minimum Gasteiger partial charge on any atom is -0.353 e. The summed E-state index contributed by atoms with van der Waals surface area (Å²) in [5, 5.41) is 21.8. The molecule has 1 aromatic carbocycles. The Morgan fingerprint density at radius 2 is 2.30 bits per heavy atom. The largest absolute Gasteiger partial charge is 0.396 e. The van der Waals surface area contributed by atoms with E-state index < -0.39 is 10.6 Å². The summed E-state index contributed by atoms with van der Waals surface area (Å²) in [5.74, 6) is 0.613. The van der Waals surface area contributed by atoms with Crippen molar-refractivity contribution in [1.82, 2.24) is 4.98 Å². The Morgan fingerprint density at radius 1 is 1.50 bits per heavy atom. The number of nitrogens with zero attached hydrogens (tertiary/aromatic N) is 4. The maximum absolute atomic E-state index is 10.9. The van der Waals surface area contributed by atoms with Gasteiger partial charge in [0.2, 0.25) is 5.72 Å². The number of non-ortho nitro benzene ring substituents is 1. The van der Waals surface area contributed by atoms with E-state index in [1.54, 1.807) is 40.9 Å². The SMILES string of the molecule is CN1c2nccc[n+]2C[C@@]1(O)c1cccc([N+](=O)[O-])c1. The monoisotopic (exact) mass is 273 g/mol. The fraction of sp³-hybridized carbons (Fsp3) is 0.231. The van der Waals surface area contributed by atoms with Crippen LogP contribution in [-0.2, 0) is 12.3 Å². The van der Waals surface area contributed by atoms with Crippen molar-refractivity contribution in [2.24, 2.45) is 0 Å². The van der Waals surface area contributed by atoms with E-state index in [0.29, 0.717) is 11.5 Å². The number of aliphatic hydroxyl groups is 1. The number of benzene rings is 1. The van der Waals surface area contributed by atoms with Gasteiger partial charge < -0.3 is 5.11 Å². The molecule has 1 aromatic heterocycles. The highest BCUT2D eigenvalue weighted by atomic mass is 16.6. The average Bonchev–Trinajstić information content (AvgIpc) is 2.72. The number of hydrogen-bond donors (Lipinski definition) is 1. The molecule has 7 nitrogen and oxygen atoms in total. The molecular weight excluding hydrogens is 260 g/mol. The van der Waals surface area contributed by atoms with Crippen molar-refractivity contribution in [2.45, 2.75) is 12.3 Å². The van der Waals surface area contributed by atoms with Crippen molar-refractivity contribution in [3.8, 4) is 0 Å². The molecule has 102 valence electrons. The zero-order valence-electron chi connectivity index (χ0n) is 10.8. The fourth-order valence-electron chi connectivity index (χ4n) is 2.46. The smallest absolute Gasteiger partial charge is 0.353 e. The summed E-state index contributed by atoms with van der Waals surface area (Å²) in [7, 11) is 1.71. The highest BCUT2D eigenvalue weighted by Gasteiger charge is 2.49. The first kappa shape index (κ1) is 12.5. The van der Waals surface area contributed by atoms with E-state index >= 15 is 0 Å². The number of fused-ring (bicyclic) bond motifs is 1. The van der Waals surface area contributed by atoms with E-state index in [-0.39, 0.29) is 12.2 Å². The normalized spacial score (nSPS) is 20.8. The summed E-state index contributed by atoms with van der Waals surface area (Å²) < 4.78 is 1.80. The molecule has 1 aliphatic rings. The molecule has 0 bridgehead atoms. The molecule has 7 heteroatoms. The third-order valence-corrected chi connectivity index (χ3v) is 3.56. The fourth-order valence-corrected chi connectivity index (χ4v) is 2.46. The lowest BCUT2D eigenvalue weighted by molar-refractivity contribution is -0.685. The first-order valence-corrected chi connectivity index (χ1v) is 6.08. The molecule has 0 fully saturated rings. The van der Waals surface area contributed by atoms with E-state index in [0.717, 1.165) is 0 Å². The molecule has 0 unspecified atom stereocenters. The predicted octanol–water partition coefficient (Wildman–Crippen LogP) is 0.572. The second-order valence-electron chi connectivity index (χ2n) is 4.73. The third kappa shape index (κ3) is 1.71. The summed E-state index contributed by atoms with van der Waals surface area (Å²) >= 11 is 0. The van der Waals surface area contributed by atoms with Gasteiger partial charge in [-0.15, -0.1) is 0 Å². The standard InChI is InChI=1S/C13H13N4O3/c1-15-12-14-6-3-7-16(12)9-13(15,18)10-4-2-5-11(8-10)17(19)20/h2-8,18H,9H2,1H3/q+1/t13-/m1/s1. The molecule has 0 radical (unpaired) electrons. The van der Waals surface area contributed by atoms with Gasteiger partial charge in [0.25, 0.3) is 5.69 Å². The second kappa shape index (κ2) is 4.24. The molecule has 0 aliphatic carbocycles. The third-order valence-electron chi connectivity index (χ3n) is 3.56. The maximum Gasteiger partial charge on any atom is 0.396 e. The van der Waals surface area contributed by atoms with E-state index in [2.05, 4.69) is 4.98 Å². The average molecular weight is 273 g/mol. The molecule has 1 atom stereocenters. The molecule has 2 heterocycles. The Morgan fingerprint density at radius 3 is 3.00 bits per heavy atom. The predicted molar refractivity (Wildman–Crippen MR) is 69.8 cm³/mol. The Balaban J connectivity index is 2.07. The highest BCUT2D eigenvalue weighted by molar-refractivity contribution is 5.42.